The number of rotatable bonds is 1. The summed E-state index contributed by atoms with van der Waals surface area (Å²) in [6, 6.07) is 5.34. The van der Waals surface area contributed by atoms with Gasteiger partial charge in [-0.2, -0.15) is 5.26 Å². The smallest absolute Gasteiger partial charge is 0.445 e. The maximum absolute atomic E-state index is 12.3. The average Bonchev–Trinajstić information content (AvgIpc) is 2.02. The van der Waals surface area contributed by atoms with E-state index >= 15 is 0 Å². The molecule has 0 heterocycles. The van der Waals surface area contributed by atoms with Gasteiger partial charge in [-0.1, -0.05) is 17.7 Å². The van der Waals surface area contributed by atoms with Crippen LogP contribution in [0.1, 0.15) is 11.1 Å². The second-order valence-electron chi connectivity index (χ2n) is 2.71. The Morgan fingerprint density at radius 2 is 1.86 bits per heavy atom. The van der Waals surface area contributed by atoms with Crippen molar-refractivity contribution in [1.29, 1.82) is 5.26 Å². The van der Waals surface area contributed by atoms with Gasteiger partial charge in [0, 0.05) is 0 Å². The molecule has 0 aliphatic carbocycles. The fourth-order valence-electron chi connectivity index (χ4n) is 1.13. The summed E-state index contributed by atoms with van der Waals surface area (Å²) in [6.07, 6.45) is 0. The summed E-state index contributed by atoms with van der Waals surface area (Å²) < 4.78 is 37.0. The van der Waals surface area contributed by atoms with E-state index in [2.05, 4.69) is 0 Å². The van der Waals surface area contributed by atoms with Crippen LogP contribution in [-0.4, -0.2) is 6.98 Å². The van der Waals surface area contributed by atoms with Crippen molar-refractivity contribution in [2.75, 3.05) is 0 Å². The molecule has 14 heavy (non-hydrogen) atoms. The summed E-state index contributed by atoms with van der Waals surface area (Å²) in [5.41, 5.74) is -0.590. The number of nitrogens with zero attached hydrogens (tertiary/aromatic N) is 1. The number of benzene rings is 1. The molecule has 6 heteroatoms. The predicted octanol–water partition coefficient (Wildman–Crippen LogP) is -1.07. The van der Waals surface area contributed by atoms with Gasteiger partial charge in [0.1, 0.15) is 0 Å². The number of nitriles is 1. The first-order valence-corrected chi connectivity index (χ1v) is 3.66. The molecule has 0 fully saturated rings. The van der Waals surface area contributed by atoms with Gasteiger partial charge in [-0.3, -0.25) is 0 Å². The van der Waals surface area contributed by atoms with Crippen LogP contribution in [0.25, 0.3) is 0 Å². The predicted molar refractivity (Wildman–Crippen MR) is 44.6 cm³/mol. The van der Waals surface area contributed by atoms with Gasteiger partial charge in [0.2, 0.25) is 0 Å². The topological polar surface area (TPSA) is 23.8 Å². The quantitative estimate of drug-likeness (QED) is 0.556. The summed E-state index contributed by atoms with van der Waals surface area (Å²) in [4.78, 5) is 0. The van der Waals surface area contributed by atoms with E-state index in [-0.39, 0.29) is 62.5 Å². The van der Waals surface area contributed by atoms with Gasteiger partial charge < -0.3 is 12.9 Å². The molecule has 0 unspecified atom stereocenters. The first-order valence-electron chi connectivity index (χ1n) is 3.66. The van der Waals surface area contributed by atoms with Crippen molar-refractivity contribution in [3.8, 4) is 6.07 Å². The third kappa shape index (κ3) is 3.11. The van der Waals surface area contributed by atoms with Gasteiger partial charge in [-0.15, -0.1) is 5.46 Å². The zero-order valence-corrected chi connectivity index (χ0v) is 11.0. The minimum atomic E-state index is -5.01. The fourth-order valence-corrected chi connectivity index (χ4v) is 1.13. The molecule has 68 valence electrons. The molecule has 0 aliphatic heterocycles. The number of hydrogen-bond donors (Lipinski definition) is 0. The van der Waals surface area contributed by atoms with Gasteiger partial charge in [0.15, 0.2) is 0 Å². The molecule has 1 nitrogen and oxygen atoms in total. The van der Waals surface area contributed by atoms with Gasteiger partial charge >= 0.3 is 58.4 Å². The van der Waals surface area contributed by atoms with Gasteiger partial charge in [0.05, 0.1) is 11.6 Å². The van der Waals surface area contributed by atoms with Crippen LogP contribution in [0.2, 0.25) is 0 Å². The van der Waals surface area contributed by atoms with Crippen LogP contribution in [0.15, 0.2) is 18.2 Å². The third-order valence-corrected chi connectivity index (χ3v) is 1.85. The van der Waals surface area contributed by atoms with Crippen LogP contribution >= 0.6 is 0 Å². The Morgan fingerprint density at radius 3 is 2.29 bits per heavy atom. The molecule has 0 aliphatic rings. The van der Waals surface area contributed by atoms with Crippen LogP contribution < -0.4 is 56.8 Å². The Hall–Kier alpha value is 0.201. The molecule has 0 amide bonds. The molecule has 0 N–H and O–H groups in total. The van der Waals surface area contributed by atoms with E-state index in [9.17, 15) is 12.9 Å². The molecule has 0 radical (unpaired) electrons. The summed E-state index contributed by atoms with van der Waals surface area (Å²) in [6.45, 7) is -3.70. The van der Waals surface area contributed by atoms with Crippen molar-refractivity contribution >= 4 is 12.4 Å². The first kappa shape index (κ1) is 14.2. The van der Waals surface area contributed by atoms with Gasteiger partial charge in [-0.05, 0) is 13.0 Å². The Kier molecular flexibility index (Phi) is 5.41. The molecule has 0 aromatic heterocycles. The minimum Gasteiger partial charge on any atom is -0.445 e. The van der Waals surface area contributed by atoms with Crippen LogP contribution in [0, 0.1) is 18.3 Å². The molecule has 0 saturated heterocycles. The standard InChI is InChI=1S/C8H6BF3N.K/c1-6-7(5-13)3-2-4-8(6)9(10,11)12;/h2-4H,1H3;/q-1;+1. The molecular weight excluding hydrogens is 217 g/mol. The zero-order valence-electron chi connectivity index (χ0n) is 7.89. The Balaban J connectivity index is 0.00000169. The first-order chi connectivity index (χ1) is 5.96. The van der Waals surface area contributed by atoms with Crippen LogP contribution in [0.4, 0.5) is 12.9 Å². The maximum Gasteiger partial charge on any atom is 1.00 e. The number of halogens is 3. The van der Waals surface area contributed by atoms with Crippen molar-refractivity contribution in [3.05, 3.63) is 29.3 Å². The van der Waals surface area contributed by atoms with Crippen LogP contribution in [0.3, 0.4) is 0 Å². The Bertz CT molecular complexity index is 370. The normalized spacial score (nSPS) is 10.2. The van der Waals surface area contributed by atoms with Crippen molar-refractivity contribution in [2.24, 2.45) is 0 Å². The van der Waals surface area contributed by atoms with Crippen LogP contribution in [-0.2, 0) is 0 Å². The van der Waals surface area contributed by atoms with E-state index in [1.807, 2.05) is 0 Å². The van der Waals surface area contributed by atoms with Crippen molar-refractivity contribution in [3.63, 3.8) is 0 Å². The summed E-state index contributed by atoms with van der Waals surface area (Å²) in [7, 11) is 0. The van der Waals surface area contributed by atoms with E-state index in [1.165, 1.54) is 19.1 Å². The second kappa shape index (κ2) is 5.33. The third-order valence-electron chi connectivity index (χ3n) is 1.85. The Morgan fingerprint density at radius 1 is 1.29 bits per heavy atom. The molecular formula is C8H6BF3KN. The van der Waals surface area contributed by atoms with Crippen molar-refractivity contribution < 1.29 is 64.3 Å². The molecule has 1 aromatic rings. The van der Waals surface area contributed by atoms with E-state index in [1.54, 1.807) is 6.07 Å². The molecule has 0 saturated carbocycles. The van der Waals surface area contributed by atoms with E-state index in [0.717, 1.165) is 6.07 Å². The van der Waals surface area contributed by atoms with E-state index in [4.69, 9.17) is 5.26 Å². The SMILES string of the molecule is Cc1c(C#N)cccc1[B-](F)(F)F.[K+]. The number of hydrogen-bond acceptors (Lipinski definition) is 1. The summed E-state index contributed by atoms with van der Waals surface area (Å²) >= 11 is 0. The Labute approximate surface area is 123 Å². The van der Waals surface area contributed by atoms with E-state index in [0.29, 0.717) is 0 Å². The van der Waals surface area contributed by atoms with Crippen LogP contribution in [0.5, 0.6) is 0 Å². The van der Waals surface area contributed by atoms with Crippen molar-refractivity contribution in [2.45, 2.75) is 6.92 Å². The zero-order chi connectivity index (χ0) is 10.1. The maximum atomic E-state index is 12.3. The molecule has 0 atom stereocenters. The fraction of sp³-hybridized carbons (Fsp3) is 0.125. The minimum absolute atomic E-state index is 0. The van der Waals surface area contributed by atoms with Gasteiger partial charge in [-0.25, -0.2) is 0 Å². The molecule has 0 bridgehead atoms. The second-order valence-corrected chi connectivity index (χ2v) is 2.71. The van der Waals surface area contributed by atoms with Crippen molar-refractivity contribution in [1.82, 2.24) is 0 Å². The molecule has 1 aromatic carbocycles. The average molecular weight is 223 g/mol. The summed E-state index contributed by atoms with van der Waals surface area (Å²) in [5, 5.41) is 8.50. The van der Waals surface area contributed by atoms with E-state index < -0.39 is 12.4 Å². The molecule has 1 rings (SSSR count). The monoisotopic (exact) mass is 223 g/mol. The summed E-state index contributed by atoms with van der Waals surface area (Å²) in [5.74, 6) is 0. The largest absolute Gasteiger partial charge is 1.00 e. The van der Waals surface area contributed by atoms with Gasteiger partial charge in [0.25, 0.3) is 0 Å². The molecule has 0 spiro atoms.